The molecule has 2 aliphatic heterocycles. The summed E-state index contributed by atoms with van der Waals surface area (Å²) in [4.78, 5) is 20.8. The molecule has 4 rings (SSSR count). The Bertz CT molecular complexity index is 815. The molecular formula is C22H29ClN4O2S. The van der Waals surface area contributed by atoms with Crippen molar-refractivity contribution >= 4 is 40.2 Å². The van der Waals surface area contributed by atoms with E-state index in [-0.39, 0.29) is 5.91 Å². The Balaban J connectivity index is 1.15. The van der Waals surface area contributed by atoms with Gasteiger partial charge >= 0.3 is 0 Å². The number of anilines is 2. The molecule has 2 fully saturated rings. The average molecular weight is 449 g/mol. The van der Waals surface area contributed by atoms with Crippen molar-refractivity contribution in [2.45, 2.75) is 13.0 Å². The van der Waals surface area contributed by atoms with E-state index in [1.165, 1.54) is 10.6 Å². The molecule has 1 aromatic heterocycles. The molecule has 3 heterocycles. The number of piperazine rings is 1. The highest BCUT2D eigenvalue weighted by Crippen LogP contribution is 2.23. The van der Waals surface area contributed by atoms with Crippen LogP contribution in [0, 0.1) is 0 Å². The fourth-order valence-electron chi connectivity index (χ4n) is 3.89. The number of nitrogens with zero attached hydrogens (tertiary/aromatic N) is 3. The van der Waals surface area contributed by atoms with Gasteiger partial charge in [0.05, 0.1) is 17.6 Å². The molecule has 0 atom stereocenters. The summed E-state index contributed by atoms with van der Waals surface area (Å²) in [7, 11) is 0. The van der Waals surface area contributed by atoms with E-state index in [2.05, 4.69) is 38.2 Å². The van der Waals surface area contributed by atoms with E-state index in [0.717, 1.165) is 75.6 Å². The molecule has 1 amide bonds. The van der Waals surface area contributed by atoms with Crippen LogP contribution < -0.4 is 10.2 Å². The summed E-state index contributed by atoms with van der Waals surface area (Å²) in [5, 5.41) is 3.03. The van der Waals surface area contributed by atoms with Crippen LogP contribution in [0.15, 0.2) is 36.4 Å². The molecule has 2 saturated heterocycles. The predicted octanol–water partition coefficient (Wildman–Crippen LogP) is 3.38. The van der Waals surface area contributed by atoms with Crippen LogP contribution in [0.1, 0.15) is 11.3 Å². The molecule has 1 N–H and O–H groups in total. The lowest BCUT2D eigenvalue weighted by molar-refractivity contribution is -0.116. The molecule has 0 saturated carbocycles. The number of hydrogen-bond donors (Lipinski definition) is 1. The van der Waals surface area contributed by atoms with E-state index < -0.39 is 0 Å². The number of morpholine rings is 1. The summed E-state index contributed by atoms with van der Waals surface area (Å²) in [5.74, 6) is 0.0739. The highest BCUT2D eigenvalue weighted by molar-refractivity contribution is 7.16. The molecule has 6 nitrogen and oxygen atoms in total. The second kappa shape index (κ2) is 10.6. The molecule has 1 aromatic carbocycles. The Labute approximate surface area is 187 Å². The lowest BCUT2D eigenvalue weighted by Gasteiger charge is -2.34. The van der Waals surface area contributed by atoms with Crippen molar-refractivity contribution in [2.24, 2.45) is 0 Å². The Kier molecular flexibility index (Phi) is 7.62. The number of carbonyl (C=O) groups excluding carboxylic acids is 1. The normalized spacial score (nSPS) is 18.5. The summed E-state index contributed by atoms with van der Waals surface area (Å²) in [6.45, 7) is 9.20. The van der Waals surface area contributed by atoms with Crippen LogP contribution in [0.25, 0.3) is 0 Å². The molecule has 0 radical (unpaired) electrons. The van der Waals surface area contributed by atoms with E-state index in [9.17, 15) is 4.79 Å². The number of hydrogen-bond acceptors (Lipinski definition) is 6. The molecule has 162 valence electrons. The molecule has 2 aromatic rings. The van der Waals surface area contributed by atoms with E-state index in [0.29, 0.717) is 6.42 Å². The van der Waals surface area contributed by atoms with Crippen molar-refractivity contribution < 1.29 is 9.53 Å². The summed E-state index contributed by atoms with van der Waals surface area (Å²) >= 11 is 7.68. The summed E-state index contributed by atoms with van der Waals surface area (Å²) in [6, 6.07) is 12.2. The van der Waals surface area contributed by atoms with Crippen LogP contribution in [-0.4, -0.2) is 74.7 Å². The summed E-state index contributed by atoms with van der Waals surface area (Å²) < 4.78 is 6.25. The van der Waals surface area contributed by atoms with Gasteiger partial charge in [-0.15, -0.1) is 11.3 Å². The first-order valence-corrected chi connectivity index (χ1v) is 11.8. The van der Waals surface area contributed by atoms with Crippen molar-refractivity contribution in [3.8, 4) is 0 Å². The number of rotatable bonds is 7. The minimum atomic E-state index is 0.0739. The molecule has 0 spiro atoms. The molecule has 0 bridgehead atoms. The maximum absolute atomic E-state index is 12.4. The molecule has 0 aliphatic carbocycles. The minimum Gasteiger partial charge on any atom is -0.378 e. The zero-order valence-corrected chi connectivity index (χ0v) is 18.8. The van der Waals surface area contributed by atoms with Crippen LogP contribution in [0.2, 0.25) is 4.34 Å². The average Bonchev–Trinajstić information content (AvgIpc) is 3.19. The smallest absolute Gasteiger partial charge is 0.225 e. The maximum atomic E-state index is 12.4. The van der Waals surface area contributed by atoms with Crippen molar-refractivity contribution in [1.82, 2.24) is 9.80 Å². The van der Waals surface area contributed by atoms with Gasteiger partial charge in [-0.1, -0.05) is 11.6 Å². The third-order valence-electron chi connectivity index (χ3n) is 5.66. The van der Waals surface area contributed by atoms with E-state index in [1.54, 1.807) is 11.3 Å². The van der Waals surface area contributed by atoms with Crippen LogP contribution in [0.3, 0.4) is 0 Å². The van der Waals surface area contributed by atoms with Crippen LogP contribution in [-0.2, 0) is 16.1 Å². The molecule has 2 aliphatic rings. The Morgan fingerprint density at radius 1 is 0.967 bits per heavy atom. The number of thiophene rings is 1. The quantitative estimate of drug-likeness (QED) is 0.703. The Morgan fingerprint density at radius 3 is 2.33 bits per heavy atom. The number of nitrogens with one attached hydrogen (secondary N) is 1. The molecular weight excluding hydrogens is 420 g/mol. The largest absolute Gasteiger partial charge is 0.378 e. The number of amides is 1. The van der Waals surface area contributed by atoms with Crippen molar-refractivity contribution in [3.63, 3.8) is 0 Å². The van der Waals surface area contributed by atoms with Gasteiger partial charge in [-0.05, 0) is 36.4 Å². The third-order valence-corrected chi connectivity index (χ3v) is 6.87. The third kappa shape index (κ3) is 6.18. The summed E-state index contributed by atoms with van der Waals surface area (Å²) in [6.07, 6.45) is 0.520. The van der Waals surface area contributed by atoms with Gasteiger partial charge in [-0.2, -0.15) is 0 Å². The molecule has 30 heavy (non-hydrogen) atoms. The van der Waals surface area contributed by atoms with Gasteiger partial charge in [-0.25, -0.2) is 0 Å². The molecule has 0 unspecified atom stereocenters. The number of benzene rings is 1. The first-order chi connectivity index (χ1) is 14.7. The number of ether oxygens (including phenoxy) is 1. The second-order valence-electron chi connectivity index (χ2n) is 7.77. The standard InChI is InChI=1S/C22H29ClN4O2S/c23-21-6-5-20(30-21)17-26-11-9-25(10-12-26)8-7-22(28)24-18-1-3-19(4-2-18)27-13-15-29-16-14-27/h1-6H,7-17H2,(H,24,28). The van der Waals surface area contributed by atoms with Gasteiger partial charge in [0.25, 0.3) is 0 Å². The first kappa shape index (κ1) is 21.6. The van der Waals surface area contributed by atoms with Gasteiger partial charge in [0.2, 0.25) is 5.91 Å². The Hall–Kier alpha value is -1.64. The van der Waals surface area contributed by atoms with Crippen molar-refractivity contribution in [3.05, 3.63) is 45.6 Å². The zero-order valence-electron chi connectivity index (χ0n) is 17.2. The zero-order chi connectivity index (χ0) is 20.8. The van der Waals surface area contributed by atoms with Gasteiger partial charge in [-0.3, -0.25) is 9.69 Å². The second-order valence-corrected chi connectivity index (χ2v) is 9.57. The highest BCUT2D eigenvalue weighted by Gasteiger charge is 2.18. The van der Waals surface area contributed by atoms with Crippen molar-refractivity contribution in [1.29, 1.82) is 0 Å². The Morgan fingerprint density at radius 2 is 1.67 bits per heavy atom. The van der Waals surface area contributed by atoms with Gasteiger partial charge in [0.15, 0.2) is 0 Å². The van der Waals surface area contributed by atoms with E-state index >= 15 is 0 Å². The lowest BCUT2D eigenvalue weighted by atomic mass is 10.2. The fraction of sp³-hybridized carbons (Fsp3) is 0.500. The van der Waals surface area contributed by atoms with Gasteiger partial charge in [0.1, 0.15) is 0 Å². The monoisotopic (exact) mass is 448 g/mol. The van der Waals surface area contributed by atoms with Gasteiger partial charge in [0, 0.05) is 75.0 Å². The first-order valence-electron chi connectivity index (χ1n) is 10.6. The van der Waals surface area contributed by atoms with Crippen LogP contribution in [0.4, 0.5) is 11.4 Å². The summed E-state index contributed by atoms with van der Waals surface area (Å²) in [5.41, 5.74) is 2.04. The highest BCUT2D eigenvalue weighted by atomic mass is 35.5. The molecule has 8 heteroatoms. The maximum Gasteiger partial charge on any atom is 0.225 e. The number of carbonyl (C=O) groups is 1. The SMILES string of the molecule is O=C(CCN1CCN(Cc2ccc(Cl)s2)CC1)Nc1ccc(N2CCOCC2)cc1. The van der Waals surface area contributed by atoms with Gasteiger partial charge < -0.3 is 19.9 Å². The topological polar surface area (TPSA) is 48.1 Å². The fourth-order valence-corrected chi connectivity index (χ4v) is 5.02. The minimum absolute atomic E-state index is 0.0739. The van der Waals surface area contributed by atoms with Crippen LogP contribution >= 0.6 is 22.9 Å². The number of halogens is 1. The van der Waals surface area contributed by atoms with E-state index in [4.69, 9.17) is 16.3 Å². The lowest BCUT2D eigenvalue weighted by Crippen LogP contribution is -2.46. The van der Waals surface area contributed by atoms with Crippen molar-refractivity contribution in [2.75, 3.05) is 69.2 Å². The van der Waals surface area contributed by atoms with E-state index in [1.807, 2.05) is 18.2 Å². The van der Waals surface area contributed by atoms with Crippen LogP contribution in [0.5, 0.6) is 0 Å². The predicted molar refractivity (Wildman–Crippen MR) is 124 cm³/mol.